The van der Waals surface area contributed by atoms with E-state index in [1.54, 1.807) is 19.2 Å². The van der Waals surface area contributed by atoms with Crippen molar-refractivity contribution in [3.63, 3.8) is 0 Å². The third-order valence-electron chi connectivity index (χ3n) is 6.85. The van der Waals surface area contributed by atoms with E-state index in [-0.39, 0.29) is 30.2 Å². The van der Waals surface area contributed by atoms with Gasteiger partial charge in [0.25, 0.3) is 0 Å². The summed E-state index contributed by atoms with van der Waals surface area (Å²) < 4.78 is 6.47. The van der Waals surface area contributed by atoms with Gasteiger partial charge >= 0.3 is 0 Å². The fraction of sp³-hybridized carbons (Fsp3) is 0.333. The number of benzene rings is 2. The highest BCUT2D eigenvalue weighted by atomic mass is 32.2. The molecular formula is C30H33N5O3S. The molecule has 3 aromatic rings. The summed E-state index contributed by atoms with van der Waals surface area (Å²) in [6.07, 6.45) is 4.17. The molecule has 0 saturated carbocycles. The summed E-state index contributed by atoms with van der Waals surface area (Å²) in [5.41, 5.74) is 1.32. The number of amides is 2. The minimum atomic E-state index is -0.319. The number of hydrogen-bond donors (Lipinski definition) is 2. The summed E-state index contributed by atoms with van der Waals surface area (Å²) in [5.74, 6) is 1.19. The number of carbonyl (C=O) groups is 2. The van der Waals surface area contributed by atoms with Crippen LogP contribution in [0.3, 0.4) is 0 Å². The summed E-state index contributed by atoms with van der Waals surface area (Å²) >= 11 is 1.50. The molecule has 2 N–H and O–H groups in total. The number of anilines is 2. The predicted octanol–water partition coefficient (Wildman–Crippen LogP) is 5.73. The number of ether oxygens (including phenoxy) is 1. The van der Waals surface area contributed by atoms with Crippen molar-refractivity contribution < 1.29 is 14.3 Å². The molecule has 0 spiro atoms. The van der Waals surface area contributed by atoms with Crippen molar-refractivity contribution in [1.82, 2.24) is 15.3 Å². The van der Waals surface area contributed by atoms with Gasteiger partial charge in [0.15, 0.2) is 0 Å². The summed E-state index contributed by atoms with van der Waals surface area (Å²) in [4.78, 5) is 37.7. The summed E-state index contributed by atoms with van der Waals surface area (Å²) in [7, 11) is 0. The molecule has 1 aromatic heterocycles. The van der Waals surface area contributed by atoms with Crippen LogP contribution in [0.15, 0.2) is 65.9 Å². The van der Waals surface area contributed by atoms with E-state index in [0.29, 0.717) is 23.1 Å². The van der Waals surface area contributed by atoms with E-state index < -0.39 is 0 Å². The van der Waals surface area contributed by atoms with Crippen molar-refractivity contribution in [2.75, 3.05) is 23.3 Å². The van der Waals surface area contributed by atoms with E-state index >= 15 is 0 Å². The third-order valence-corrected chi connectivity index (χ3v) is 7.90. The van der Waals surface area contributed by atoms with Crippen molar-refractivity contribution in [2.45, 2.75) is 46.1 Å². The molecule has 0 bridgehead atoms. The lowest BCUT2D eigenvalue weighted by Gasteiger charge is -2.24. The number of thioether (sulfide) groups is 1. The zero-order valence-electron chi connectivity index (χ0n) is 22.5. The summed E-state index contributed by atoms with van der Waals surface area (Å²) in [6.45, 7) is 11.7. The number of piperidine rings is 1. The predicted molar refractivity (Wildman–Crippen MR) is 157 cm³/mol. The van der Waals surface area contributed by atoms with Gasteiger partial charge in [-0.3, -0.25) is 9.59 Å². The average molecular weight is 544 g/mol. The fourth-order valence-electron chi connectivity index (χ4n) is 4.98. The molecule has 2 fully saturated rings. The molecule has 2 aliphatic rings. The van der Waals surface area contributed by atoms with E-state index in [2.05, 4.69) is 22.2 Å². The monoisotopic (exact) mass is 543 g/mol. The summed E-state index contributed by atoms with van der Waals surface area (Å²) in [5, 5.41) is 8.44. The summed E-state index contributed by atoms with van der Waals surface area (Å²) in [6, 6.07) is 13.4. The van der Waals surface area contributed by atoms with Gasteiger partial charge in [-0.2, -0.15) is 0 Å². The second-order valence-corrected chi connectivity index (χ2v) is 11.4. The Balaban J connectivity index is 1.49. The number of allylic oxidation sites excluding steroid dienone is 2. The molecule has 39 heavy (non-hydrogen) atoms. The number of carbonyl (C=O) groups excluding carboxylic acids is 2. The number of rotatable bonds is 8. The first kappa shape index (κ1) is 26.9. The van der Waals surface area contributed by atoms with Crippen molar-refractivity contribution in [3.05, 3.63) is 71.6 Å². The van der Waals surface area contributed by atoms with Crippen molar-refractivity contribution >= 4 is 50.9 Å². The molecule has 2 amide bonds. The Labute approximate surface area is 232 Å². The molecule has 0 aliphatic carbocycles. The lowest BCUT2D eigenvalue weighted by atomic mass is 10.1. The van der Waals surface area contributed by atoms with Crippen LogP contribution in [0.2, 0.25) is 0 Å². The molecule has 8 nitrogen and oxygen atoms in total. The Hall–Kier alpha value is -3.69. The maximum absolute atomic E-state index is 12.8. The second-order valence-electron chi connectivity index (χ2n) is 10.0. The zero-order valence-corrected chi connectivity index (χ0v) is 23.3. The minimum absolute atomic E-state index is 0.174. The standard InChI is InChI=1S/C30H33N5O3S/c1-18(2)39-28(24-13-15-32-30(34-24)33-21-8-7-14-31-17-21)20(4)38-26-12-11-25(22-9-5-6-10-23(22)26)35-27(36)16-19(3)29(35)37/h5-6,9-13,15,19,21,31H,1,7-8,14,16-17H2,2-4H3,(H,32,33,34)/b28-20+/t19-,21?/m1/s1. The minimum Gasteiger partial charge on any atom is -0.460 e. The third kappa shape index (κ3) is 5.84. The SMILES string of the molecule is C=C(C)S/C(=C(\C)Oc1ccc(N2C(=O)C[C@@H](C)C2=O)c2ccccc12)c1ccnc(NC2CCCNC2)n1. The maximum Gasteiger partial charge on any atom is 0.237 e. The largest absolute Gasteiger partial charge is 0.460 e. The molecule has 202 valence electrons. The molecule has 2 aromatic carbocycles. The van der Waals surface area contributed by atoms with Gasteiger partial charge in [-0.1, -0.05) is 49.5 Å². The Morgan fingerprint density at radius 3 is 2.64 bits per heavy atom. The van der Waals surface area contributed by atoms with E-state index in [9.17, 15) is 9.59 Å². The van der Waals surface area contributed by atoms with Gasteiger partial charge in [-0.25, -0.2) is 14.9 Å². The lowest BCUT2D eigenvalue weighted by Crippen LogP contribution is -2.38. The van der Waals surface area contributed by atoms with Gasteiger partial charge in [-0.15, -0.1) is 0 Å². The smallest absolute Gasteiger partial charge is 0.237 e. The van der Waals surface area contributed by atoms with Crippen LogP contribution >= 0.6 is 11.8 Å². The maximum atomic E-state index is 12.8. The van der Waals surface area contributed by atoms with Crippen LogP contribution < -0.4 is 20.3 Å². The number of nitrogens with one attached hydrogen (secondary N) is 2. The highest BCUT2D eigenvalue weighted by molar-refractivity contribution is 8.11. The Bertz CT molecular complexity index is 1460. The van der Waals surface area contributed by atoms with E-state index in [4.69, 9.17) is 9.72 Å². The Kier molecular flexibility index (Phi) is 7.99. The molecule has 9 heteroatoms. The number of hydrogen-bond acceptors (Lipinski definition) is 8. The average Bonchev–Trinajstić information content (AvgIpc) is 3.18. The van der Waals surface area contributed by atoms with Crippen LogP contribution in [0.25, 0.3) is 15.7 Å². The van der Waals surface area contributed by atoms with Gasteiger partial charge in [0.05, 0.1) is 16.3 Å². The Morgan fingerprint density at radius 2 is 1.95 bits per heavy atom. The van der Waals surface area contributed by atoms with Crippen LogP contribution in [0.1, 0.15) is 45.7 Å². The molecule has 2 atom stereocenters. The van der Waals surface area contributed by atoms with Crippen molar-refractivity contribution in [2.24, 2.45) is 5.92 Å². The van der Waals surface area contributed by atoms with Crippen LogP contribution in [0.4, 0.5) is 11.6 Å². The quantitative estimate of drug-likeness (QED) is 0.275. The van der Waals surface area contributed by atoms with Gasteiger partial charge in [-0.05, 0) is 56.3 Å². The molecular weight excluding hydrogens is 510 g/mol. The molecule has 0 radical (unpaired) electrons. The van der Waals surface area contributed by atoms with Gasteiger partial charge in [0.1, 0.15) is 11.5 Å². The van der Waals surface area contributed by atoms with Crippen molar-refractivity contribution in [1.29, 1.82) is 0 Å². The second kappa shape index (κ2) is 11.6. The molecule has 2 aliphatic heterocycles. The van der Waals surface area contributed by atoms with E-state index in [1.807, 2.05) is 50.2 Å². The van der Waals surface area contributed by atoms with E-state index in [1.165, 1.54) is 16.7 Å². The fourth-order valence-corrected chi connectivity index (χ4v) is 5.73. The highest BCUT2D eigenvalue weighted by Gasteiger charge is 2.37. The van der Waals surface area contributed by atoms with Crippen LogP contribution in [0.5, 0.6) is 5.75 Å². The number of aromatic nitrogens is 2. The van der Waals surface area contributed by atoms with Crippen LogP contribution in [0, 0.1) is 5.92 Å². The first-order chi connectivity index (χ1) is 18.8. The highest BCUT2D eigenvalue weighted by Crippen LogP contribution is 2.40. The normalized spacial score (nSPS) is 20.2. The zero-order chi connectivity index (χ0) is 27.5. The van der Waals surface area contributed by atoms with Crippen molar-refractivity contribution in [3.8, 4) is 5.75 Å². The van der Waals surface area contributed by atoms with Crippen LogP contribution in [-0.4, -0.2) is 40.9 Å². The van der Waals surface area contributed by atoms with Crippen LogP contribution in [-0.2, 0) is 9.59 Å². The topological polar surface area (TPSA) is 96.5 Å². The molecule has 3 heterocycles. The number of nitrogens with zero attached hydrogens (tertiary/aromatic N) is 3. The first-order valence-corrected chi connectivity index (χ1v) is 14.0. The Morgan fingerprint density at radius 1 is 1.15 bits per heavy atom. The molecule has 2 saturated heterocycles. The number of imide groups is 1. The number of fused-ring (bicyclic) bond motifs is 1. The van der Waals surface area contributed by atoms with Gasteiger partial charge in [0.2, 0.25) is 17.8 Å². The van der Waals surface area contributed by atoms with Gasteiger partial charge in [0, 0.05) is 41.9 Å². The first-order valence-electron chi connectivity index (χ1n) is 13.2. The molecule has 1 unspecified atom stereocenters. The van der Waals surface area contributed by atoms with Gasteiger partial charge < -0.3 is 15.4 Å². The lowest BCUT2D eigenvalue weighted by molar-refractivity contribution is -0.122. The molecule has 5 rings (SSSR count). The van der Waals surface area contributed by atoms with E-state index in [0.717, 1.165) is 52.2 Å².